The van der Waals surface area contributed by atoms with E-state index in [4.69, 9.17) is 4.74 Å². The molecule has 1 fully saturated rings. The van der Waals surface area contributed by atoms with Gasteiger partial charge < -0.3 is 10.1 Å². The number of carbonyl (C=O) groups excluding carboxylic acids is 1. The van der Waals surface area contributed by atoms with Crippen molar-refractivity contribution in [3.63, 3.8) is 0 Å². The van der Waals surface area contributed by atoms with Gasteiger partial charge in [0.15, 0.2) is 0 Å². The smallest absolute Gasteiger partial charge is 0.338 e. The number of ether oxygens (including phenoxy) is 1. The van der Waals surface area contributed by atoms with E-state index < -0.39 is 0 Å². The van der Waals surface area contributed by atoms with E-state index in [1.807, 2.05) is 19.1 Å². The Hall–Kier alpha value is -1.35. The highest BCUT2D eigenvalue weighted by Crippen LogP contribution is 2.14. The van der Waals surface area contributed by atoms with Crippen LogP contribution in [0.4, 0.5) is 0 Å². The van der Waals surface area contributed by atoms with Crippen LogP contribution in [0.2, 0.25) is 0 Å². The third kappa shape index (κ3) is 2.61. The van der Waals surface area contributed by atoms with Crippen molar-refractivity contribution < 1.29 is 9.53 Å². The zero-order chi connectivity index (χ0) is 11.4. The maximum absolute atomic E-state index is 11.5. The Morgan fingerprint density at radius 2 is 2.31 bits per heavy atom. The molecule has 1 aliphatic heterocycles. The second kappa shape index (κ2) is 5.12. The molecule has 3 heteroatoms. The Morgan fingerprint density at radius 1 is 1.50 bits per heavy atom. The van der Waals surface area contributed by atoms with E-state index in [1.165, 1.54) is 5.56 Å². The summed E-state index contributed by atoms with van der Waals surface area (Å²) >= 11 is 0. The number of rotatable bonds is 4. The van der Waals surface area contributed by atoms with Crippen LogP contribution in [0.5, 0.6) is 0 Å². The van der Waals surface area contributed by atoms with Gasteiger partial charge >= 0.3 is 5.97 Å². The van der Waals surface area contributed by atoms with Gasteiger partial charge in [0.1, 0.15) is 0 Å². The molecule has 1 aromatic rings. The molecule has 1 heterocycles. The summed E-state index contributed by atoms with van der Waals surface area (Å²) in [6.07, 6.45) is 1.04. The molecule has 0 bridgehead atoms. The predicted octanol–water partition coefficient (Wildman–Crippen LogP) is 1.63. The summed E-state index contributed by atoms with van der Waals surface area (Å²) in [5.41, 5.74) is 1.88. The standard InChI is InChI=1S/C13H17NO2/c1-2-16-13(15)12-5-3-4-10(7-12)6-11-8-14-9-11/h3-5,7,11,14H,2,6,8-9H2,1H3. The molecule has 0 amide bonds. The van der Waals surface area contributed by atoms with Crippen molar-refractivity contribution >= 4 is 5.97 Å². The van der Waals surface area contributed by atoms with Crippen molar-refractivity contribution in [3.05, 3.63) is 35.4 Å². The average molecular weight is 219 g/mol. The molecular weight excluding hydrogens is 202 g/mol. The molecule has 1 saturated heterocycles. The van der Waals surface area contributed by atoms with Gasteiger partial charge in [-0.2, -0.15) is 0 Å². The normalized spacial score (nSPS) is 15.6. The van der Waals surface area contributed by atoms with Crippen molar-refractivity contribution in [2.45, 2.75) is 13.3 Å². The Labute approximate surface area is 95.8 Å². The summed E-state index contributed by atoms with van der Waals surface area (Å²) in [5.74, 6) is 0.494. The van der Waals surface area contributed by atoms with Gasteiger partial charge in [0.05, 0.1) is 12.2 Å². The minimum atomic E-state index is -0.226. The Morgan fingerprint density at radius 3 is 2.94 bits per heavy atom. The minimum absolute atomic E-state index is 0.226. The number of hydrogen-bond donors (Lipinski definition) is 1. The molecule has 1 N–H and O–H groups in total. The molecule has 0 aliphatic carbocycles. The fourth-order valence-electron chi connectivity index (χ4n) is 1.87. The second-order valence-corrected chi connectivity index (χ2v) is 4.15. The van der Waals surface area contributed by atoms with E-state index in [9.17, 15) is 4.79 Å². The first-order chi connectivity index (χ1) is 7.79. The fourth-order valence-corrected chi connectivity index (χ4v) is 1.87. The Kier molecular flexibility index (Phi) is 3.57. The number of benzene rings is 1. The van der Waals surface area contributed by atoms with Crippen LogP contribution in [0.15, 0.2) is 24.3 Å². The lowest BCUT2D eigenvalue weighted by Gasteiger charge is -2.27. The lowest BCUT2D eigenvalue weighted by atomic mass is 9.94. The van der Waals surface area contributed by atoms with E-state index >= 15 is 0 Å². The number of hydrogen-bond acceptors (Lipinski definition) is 3. The first-order valence-electron chi connectivity index (χ1n) is 5.76. The molecule has 0 spiro atoms. The van der Waals surface area contributed by atoms with Crippen LogP contribution in [0, 0.1) is 5.92 Å². The molecule has 2 rings (SSSR count). The molecule has 86 valence electrons. The summed E-state index contributed by atoms with van der Waals surface area (Å²) in [6, 6.07) is 7.74. The van der Waals surface area contributed by atoms with Crippen LogP contribution in [-0.2, 0) is 11.2 Å². The lowest BCUT2D eigenvalue weighted by Crippen LogP contribution is -2.43. The van der Waals surface area contributed by atoms with Crippen LogP contribution in [0.3, 0.4) is 0 Å². The van der Waals surface area contributed by atoms with Gasteiger partial charge in [0.2, 0.25) is 0 Å². The Balaban J connectivity index is 2.03. The largest absolute Gasteiger partial charge is 0.462 e. The molecule has 1 aromatic carbocycles. The van der Waals surface area contributed by atoms with E-state index in [1.54, 1.807) is 6.07 Å². The lowest BCUT2D eigenvalue weighted by molar-refractivity contribution is 0.0526. The quantitative estimate of drug-likeness (QED) is 0.782. The molecule has 0 radical (unpaired) electrons. The van der Waals surface area contributed by atoms with Crippen molar-refractivity contribution in [2.24, 2.45) is 5.92 Å². The third-order valence-corrected chi connectivity index (χ3v) is 2.83. The number of carbonyl (C=O) groups is 1. The van der Waals surface area contributed by atoms with Gasteiger partial charge in [0.25, 0.3) is 0 Å². The topological polar surface area (TPSA) is 38.3 Å². The molecular formula is C13H17NO2. The molecule has 16 heavy (non-hydrogen) atoms. The highest BCUT2D eigenvalue weighted by Gasteiger charge is 2.17. The Bertz CT molecular complexity index is 372. The minimum Gasteiger partial charge on any atom is -0.462 e. The maximum Gasteiger partial charge on any atom is 0.338 e. The second-order valence-electron chi connectivity index (χ2n) is 4.15. The van der Waals surface area contributed by atoms with Crippen molar-refractivity contribution in [1.29, 1.82) is 0 Å². The number of nitrogens with one attached hydrogen (secondary N) is 1. The summed E-state index contributed by atoms with van der Waals surface area (Å²) in [7, 11) is 0. The maximum atomic E-state index is 11.5. The number of esters is 1. The van der Waals surface area contributed by atoms with Gasteiger partial charge in [-0.15, -0.1) is 0 Å². The first kappa shape index (κ1) is 11.1. The molecule has 0 atom stereocenters. The highest BCUT2D eigenvalue weighted by atomic mass is 16.5. The van der Waals surface area contributed by atoms with Gasteiger partial charge in [-0.25, -0.2) is 4.79 Å². The molecule has 0 saturated carbocycles. The molecule has 3 nitrogen and oxygen atoms in total. The third-order valence-electron chi connectivity index (χ3n) is 2.83. The summed E-state index contributed by atoms with van der Waals surface area (Å²) < 4.78 is 4.98. The van der Waals surface area contributed by atoms with Gasteiger partial charge in [-0.3, -0.25) is 0 Å². The average Bonchev–Trinajstić information content (AvgIpc) is 2.24. The fraction of sp³-hybridized carbons (Fsp3) is 0.462. The van der Waals surface area contributed by atoms with E-state index in [0.717, 1.165) is 25.4 Å². The highest BCUT2D eigenvalue weighted by molar-refractivity contribution is 5.89. The van der Waals surface area contributed by atoms with Gasteiger partial charge in [0, 0.05) is 0 Å². The van der Waals surface area contributed by atoms with Crippen LogP contribution >= 0.6 is 0 Å². The van der Waals surface area contributed by atoms with Gasteiger partial charge in [-0.05, 0) is 50.0 Å². The van der Waals surface area contributed by atoms with Crippen LogP contribution < -0.4 is 5.32 Å². The van der Waals surface area contributed by atoms with Crippen molar-refractivity contribution in [3.8, 4) is 0 Å². The van der Waals surface area contributed by atoms with Crippen LogP contribution in [-0.4, -0.2) is 25.7 Å². The van der Waals surface area contributed by atoms with E-state index in [-0.39, 0.29) is 5.97 Å². The first-order valence-corrected chi connectivity index (χ1v) is 5.76. The monoisotopic (exact) mass is 219 g/mol. The summed E-state index contributed by atoms with van der Waals surface area (Å²) in [5, 5.41) is 3.25. The SMILES string of the molecule is CCOC(=O)c1cccc(CC2CNC2)c1. The molecule has 0 aromatic heterocycles. The van der Waals surface area contributed by atoms with Crippen molar-refractivity contribution in [1.82, 2.24) is 5.32 Å². The molecule has 1 aliphatic rings. The summed E-state index contributed by atoms with van der Waals surface area (Å²) in [6.45, 7) is 4.42. The van der Waals surface area contributed by atoms with Gasteiger partial charge in [-0.1, -0.05) is 12.1 Å². The predicted molar refractivity (Wildman–Crippen MR) is 62.5 cm³/mol. The zero-order valence-corrected chi connectivity index (χ0v) is 9.53. The van der Waals surface area contributed by atoms with E-state index in [0.29, 0.717) is 12.2 Å². The van der Waals surface area contributed by atoms with E-state index in [2.05, 4.69) is 11.4 Å². The summed E-state index contributed by atoms with van der Waals surface area (Å²) in [4.78, 5) is 11.5. The molecule has 0 unspecified atom stereocenters. The van der Waals surface area contributed by atoms with Crippen molar-refractivity contribution in [2.75, 3.05) is 19.7 Å². The zero-order valence-electron chi connectivity index (χ0n) is 9.53. The van der Waals surface area contributed by atoms with Crippen LogP contribution in [0.1, 0.15) is 22.8 Å². The van der Waals surface area contributed by atoms with Crippen LogP contribution in [0.25, 0.3) is 0 Å².